The van der Waals surface area contributed by atoms with Gasteiger partial charge < -0.3 is 11.1 Å². The first-order chi connectivity index (χ1) is 9.15. The summed E-state index contributed by atoms with van der Waals surface area (Å²) in [7, 11) is 0. The number of nitrogens with one attached hydrogen (secondary N) is 1. The van der Waals surface area contributed by atoms with Crippen LogP contribution in [0.5, 0.6) is 0 Å². The monoisotopic (exact) mass is 260 g/mol. The summed E-state index contributed by atoms with van der Waals surface area (Å²) < 4.78 is 0. The maximum atomic E-state index is 12.1. The normalized spacial score (nSPS) is 23.6. The number of anilines is 1. The second-order valence-electron chi connectivity index (χ2n) is 5.71. The molecule has 1 aliphatic carbocycles. The van der Waals surface area contributed by atoms with Gasteiger partial charge in [-0.05, 0) is 36.5 Å². The predicted molar refractivity (Wildman–Crippen MR) is 78.7 cm³/mol. The van der Waals surface area contributed by atoms with Crippen molar-refractivity contribution in [3.63, 3.8) is 0 Å². The average Bonchev–Trinajstić information content (AvgIpc) is 2.55. The van der Waals surface area contributed by atoms with E-state index < -0.39 is 0 Å². The zero-order valence-electron chi connectivity index (χ0n) is 11.7. The molecule has 0 aliphatic heterocycles. The van der Waals surface area contributed by atoms with E-state index in [9.17, 15) is 4.79 Å². The third-order valence-electron chi connectivity index (χ3n) is 4.02. The average molecular weight is 260 g/mol. The van der Waals surface area contributed by atoms with E-state index in [0.29, 0.717) is 24.1 Å². The number of benzene rings is 1. The van der Waals surface area contributed by atoms with Crippen LogP contribution in [0.25, 0.3) is 0 Å². The van der Waals surface area contributed by atoms with Gasteiger partial charge in [-0.15, -0.1) is 0 Å². The van der Waals surface area contributed by atoms with Gasteiger partial charge in [-0.3, -0.25) is 4.79 Å². The molecule has 0 spiro atoms. The fourth-order valence-corrected chi connectivity index (χ4v) is 2.85. The summed E-state index contributed by atoms with van der Waals surface area (Å²) >= 11 is 0. The molecule has 3 N–H and O–H groups in total. The number of carbonyl (C=O) groups is 1. The maximum Gasteiger partial charge on any atom is 0.224 e. The van der Waals surface area contributed by atoms with Crippen molar-refractivity contribution in [3.05, 3.63) is 29.8 Å². The predicted octanol–water partition coefficient (Wildman–Crippen LogP) is 2.90. The lowest BCUT2D eigenvalue weighted by Crippen LogP contribution is -2.39. The fourth-order valence-electron chi connectivity index (χ4n) is 2.85. The van der Waals surface area contributed by atoms with Crippen molar-refractivity contribution < 1.29 is 4.79 Å². The smallest absolute Gasteiger partial charge is 0.224 e. The Hall–Kier alpha value is -1.51. The molecular weight excluding hydrogens is 236 g/mol. The van der Waals surface area contributed by atoms with Crippen LogP contribution in [-0.4, -0.2) is 11.9 Å². The molecule has 0 heterocycles. The van der Waals surface area contributed by atoms with E-state index in [0.717, 1.165) is 12.0 Å². The first-order valence-electron chi connectivity index (χ1n) is 7.29. The highest BCUT2D eigenvalue weighted by molar-refractivity contribution is 5.79. The highest BCUT2D eigenvalue weighted by Gasteiger charge is 2.21. The molecule has 1 aliphatic rings. The summed E-state index contributed by atoms with van der Waals surface area (Å²) in [6, 6.07) is 7.90. The van der Waals surface area contributed by atoms with E-state index in [4.69, 9.17) is 5.73 Å². The number of nitrogens with two attached hydrogens (primary N) is 1. The second kappa shape index (κ2) is 6.60. The van der Waals surface area contributed by atoms with Crippen LogP contribution in [0.4, 0.5) is 5.69 Å². The van der Waals surface area contributed by atoms with Crippen LogP contribution in [0.3, 0.4) is 0 Å². The minimum atomic E-state index is 0.115. The third-order valence-corrected chi connectivity index (χ3v) is 4.02. The summed E-state index contributed by atoms with van der Waals surface area (Å²) in [4.78, 5) is 12.1. The van der Waals surface area contributed by atoms with Crippen LogP contribution in [0, 0.1) is 5.92 Å². The van der Waals surface area contributed by atoms with Crippen molar-refractivity contribution >= 4 is 11.6 Å². The summed E-state index contributed by atoms with van der Waals surface area (Å²) in [6.07, 6.45) is 6.59. The SMILES string of the molecule is CC1CCCCCC1NC(=O)Cc1cccc(N)c1. The van der Waals surface area contributed by atoms with E-state index >= 15 is 0 Å². The van der Waals surface area contributed by atoms with Crippen LogP contribution in [0.1, 0.15) is 44.6 Å². The van der Waals surface area contributed by atoms with E-state index in [1.165, 1.54) is 25.7 Å². The molecule has 0 saturated heterocycles. The number of hydrogen-bond donors (Lipinski definition) is 2. The van der Waals surface area contributed by atoms with Gasteiger partial charge in [-0.1, -0.05) is 38.3 Å². The highest BCUT2D eigenvalue weighted by atomic mass is 16.1. The molecule has 0 bridgehead atoms. The molecule has 0 radical (unpaired) electrons. The van der Waals surface area contributed by atoms with E-state index in [1.54, 1.807) is 0 Å². The van der Waals surface area contributed by atoms with Gasteiger partial charge in [0.1, 0.15) is 0 Å². The lowest BCUT2D eigenvalue weighted by Gasteiger charge is -2.22. The Morgan fingerprint density at radius 2 is 2.11 bits per heavy atom. The van der Waals surface area contributed by atoms with Gasteiger partial charge in [0.25, 0.3) is 0 Å². The molecule has 1 fully saturated rings. The molecule has 0 aromatic heterocycles. The molecule has 2 atom stereocenters. The van der Waals surface area contributed by atoms with E-state index in [-0.39, 0.29) is 5.91 Å². The largest absolute Gasteiger partial charge is 0.399 e. The van der Waals surface area contributed by atoms with Crippen molar-refractivity contribution in [2.24, 2.45) is 5.92 Å². The standard InChI is InChI=1S/C16H24N2O/c1-12-6-3-2-4-9-15(12)18-16(19)11-13-7-5-8-14(17)10-13/h5,7-8,10,12,15H,2-4,6,9,11,17H2,1H3,(H,18,19). The van der Waals surface area contributed by atoms with Gasteiger partial charge in [0.05, 0.1) is 6.42 Å². The molecule has 1 aromatic carbocycles. The zero-order valence-corrected chi connectivity index (χ0v) is 11.7. The fraction of sp³-hybridized carbons (Fsp3) is 0.562. The van der Waals surface area contributed by atoms with E-state index in [1.807, 2.05) is 24.3 Å². The van der Waals surface area contributed by atoms with Crippen LogP contribution < -0.4 is 11.1 Å². The number of hydrogen-bond acceptors (Lipinski definition) is 2. The third kappa shape index (κ3) is 4.27. The summed E-state index contributed by atoms with van der Waals surface area (Å²) in [6.45, 7) is 2.25. The second-order valence-corrected chi connectivity index (χ2v) is 5.71. The van der Waals surface area contributed by atoms with Gasteiger partial charge in [-0.25, -0.2) is 0 Å². The van der Waals surface area contributed by atoms with Crippen molar-refractivity contribution in [1.29, 1.82) is 0 Å². The summed E-state index contributed by atoms with van der Waals surface area (Å²) in [5.74, 6) is 0.705. The lowest BCUT2D eigenvalue weighted by atomic mass is 9.96. The van der Waals surface area contributed by atoms with Crippen molar-refractivity contribution in [3.8, 4) is 0 Å². The number of nitrogen functional groups attached to an aromatic ring is 1. The van der Waals surface area contributed by atoms with Gasteiger partial charge in [0, 0.05) is 11.7 Å². The van der Waals surface area contributed by atoms with Crippen LogP contribution in [0.2, 0.25) is 0 Å². The number of rotatable bonds is 3. The molecule has 2 rings (SSSR count). The zero-order chi connectivity index (χ0) is 13.7. The van der Waals surface area contributed by atoms with Crippen LogP contribution in [-0.2, 0) is 11.2 Å². The first kappa shape index (κ1) is 13.9. The summed E-state index contributed by atoms with van der Waals surface area (Å²) in [5.41, 5.74) is 7.43. The highest BCUT2D eigenvalue weighted by Crippen LogP contribution is 2.23. The minimum Gasteiger partial charge on any atom is -0.399 e. The van der Waals surface area contributed by atoms with Crippen LogP contribution >= 0.6 is 0 Å². The number of carbonyl (C=O) groups excluding carboxylic acids is 1. The Morgan fingerprint density at radius 1 is 1.32 bits per heavy atom. The molecule has 19 heavy (non-hydrogen) atoms. The lowest BCUT2D eigenvalue weighted by molar-refractivity contribution is -0.121. The number of amides is 1. The molecule has 1 saturated carbocycles. The van der Waals surface area contributed by atoms with Crippen LogP contribution in [0.15, 0.2) is 24.3 Å². The molecule has 1 aromatic rings. The Kier molecular flexibility index (Phi) is 4.83. The van der Waals surface area contributed by atoms with Crippen molar-refractivity contribution in [2.75, 3.05) is 5.73 Å². The molecular formula is C16H24N2O. The first-order valence-corrected chi connectivity index (χ1v) is 7.29. The Morgan fingerprint density at radius 3 is 2.89 bits per heavy atom. The molecule has 1 amide bonds. The minimum absolute atomic E-state index is 0.115. The molecule has 3 heteroatoms. The molecule has 104 valence electrons. The quantitative estimate of drug-likeness (QED) is 0.648. The summed E-state index contributed by atoms with van der Waals surface area (Å²) in [5, 5.41) is 3.20. The van der Waals surface area contributed by atoms with Gasteiger partial charge in [-0.2, -0.15) is 0 Å². The van der Waals surface area contributed by atoms with Crippen molar-refractivity contribution in [1.82, 2.24) is 5.32 Å². The maximum absolute atomic E-state index is 12.1. The Bertz CT molecular complexity index is 431. The molecule has 2 unspecified atom stereocenters. The van der Waals surface area contributed by atoms with E-state index in [2.05, 4.69) is 12.2 Å². The topological polar surface area (TPSA) is 55.1 Å². The van der Waals surface area contributed by atoms with Gasteiger partial charge in [0.15, 0.2) is 0 Å². The van der Waals surface area contributed by atoms with Gasteiger partial charge in [0.2, 0.25) is 5.91 Å². The van der Waals surface area contributed by atoms with Gasteiger partial charge >= 0.3 is 0 Å². The molecule has 3 nitrogen and oxygen atoms in total. The van der Waals surface area contributed by atoms with Crippen molar-refractivity contribution in [2.45, 2.75) is 51.5 Å². The Labute approximate surface area is 115 Å². The Balaban J connectivity index is 1.89.